The van der Waals surface area contributed by atoms with Gasteiger partial charge in [-0.25, -0.2) is 13.4 Å². The zero-order valence-electron chi connectivity index (χ0n) is 12.8. The van der Waals surface area contributed by atoms with Crippen molar-refractivity contribution in [1.82, 2.24) is 10.3 Å². The van der Waals surface area contributed by atoms with Crippen LogP contribution < -0.4 is 5.32 Å². The summed E-state index contributed by atoms with van der Waals surface area (Å²) in [6, 6.07) is 9.80. The molecule has 3 rings (SSSR count). The summed E-state index contributed by atoms with van der Waals surface area (Å²) in [5.74, 6) is -0.0361. The fraction of sp³-hybridized carbons (Fsp3) is 0.375. The number of hydrogen-bond donors (Lipinski definition) is 1. The monoisotopic (exact) mass is 350 g/mol. The van der Waals surface area contributed by atoms with Crippen molar-refractivity contribution in [2.45, 2.75) is 25.3 Å². The Bertz CT molecular complexity index is 815. The molecular formula is C16H18N2O3S2. The van der Waals surface area contributed by atoms with Crippen LogP contribution in [0.5, 0.6) is 0 Å². The van der Waals surface area contributed by atoms with Gasteiger partial charge in [0.1, 0.15) is 5.01 Å². The van der Waals surface area contributed by atoms with Crippen LogP contribution in [0.1, 0.15) is 19.0 Å². The summed E-state index contributed by atoms with van der Waals surface area (Å²) in [5, 5.41) is 5.60. The first-order valence-corrected chi connectivity index (χ1v) is 10.1. The minimum atomic E-state index is -3.03. The number of carbonyl (C=O) groups is 1. The van der Waals surface area contributed by atoms with E-state index in [1.807, 2.05) is 35.7 Å². The van der Waals surface area contributed by atoms with Gasteiger partial charge in [-0.15, -0.1) is 11.3 Å². The molecule has 0 radical (unpaired) electrons. The normalized spacial score (nSPS) is 22.8. The molecule has 1 amide bonds. The summed E-state index contributed by atoms with van der Waals surface area (Å²) in [7, 11) is -3.03. The van der Waals surface area contributed by atoms with Gasteiger partial charge in [-0.2, -0.15) is 0 Å². The van der Waals surface area contributed by atoms with E-state index < -0.39 is 15.4 Å². The first kappa shape index (κ1) is 16.1. The lowest BCUT2D eigenvalue weighted by Crippen LogP contribution is -2.47. The molecule has 2 heterocycles. The summed E-state index contributed by atoms with van der Waals surface area (Å²) < 4.78 is 23.2. The number of carbonyl (C=O) groups excluding carboxylic acids is 1. The molecule has 0 bridgehead atoms. The Morgan fingerprint density at radius 2 is 2.09 bits per heavy atom. The lowest BCUT2D eigenvalue weighted by Gasteiger charge is -2.23. The van der Waals surface area contributed by atoms with Crippen molar-refractivity contribution >= 4 is 27.1 Å². The first-order valence-electron chi connectivity index (χ1n) is 7.37. The zero-order chi connectivity index (χ0) is 16.5. The number of rotatable bonds is 4. The van der Waals surface area contributed by atoms with Crippen molar-refractivity contribution in [2.24, 2.45) is 0 Å². The molecule has 122 valence electrons. The van der Waals surface area contributed by atoms with Gasteiger partial charge in [0, 0.05) is 10.9 Å². The standard InChI is InChI=1S/C16H18N2O3S2/c1-16(7-8-23(20,21)11-16)18-14(19)9-13-10-22-15(17-13)12-5-3-2-4-6-12/h2-6,10H,7-9,11H2,1H3,(H,18,19)/t16-/m0/s1. The van der Waals surface area contributed by atoms with Crippen LogP contribution in [-0.2, 0) is 21.1 Å². The van der Waals surface area contributed by atoms with Crippen LogP contribution in [0.15, 0.2) is 35.7 Å². The lowest BCUT2D eigenvalue weighted by atomic mass is 10.0. The van der Waals surface area contributed by atoms with Gasteiger partial charge in [0.05, 0.1) is 29.2 Å². The second kappa shape index (κ2) is 6.05. The van der Waals surface area contributed by atoms with Gasteiger partial charge >= 0.3 is 0 Å². The van der Waals surface area contributed by atoms with E-state index in [0.717, 1.165) is 10.6 Å². The number of nitrogens with one attached hydrogen (secondary N) is 1. The largest absolute Gasteiger partial charge is 0.350 e. The van der Waals surface area contributed by atoms with Gasteiger partial charge in [-0.1, -0.05) is 30.3 Å². The number of sulfone groups is 1. The molecule has 0 saturated carbocycles. The molecule has 2 aromatic rings. The van der Waals surface area contributed by atoms with Gasteiger partial charge in [0.2, 0.25) is 5.91 Å². The molecule has 1 saturated heterocycles. The Hall–Kier alpha value is -1.73. The average Bonchev–Trinajstić information content (AvgIpc) is 3.04. The summed E-state index contributed by atoms with van der Waals surface area (Å²) in [5.41, 5.74) is 1.07. The van der Waals surface area contributed by atoms with E-state index in [1.165, 1.54) is 11.3 Å². The second-order valence-corrected chi connectivity index (χ2v) is 9.18. The van der Waals surface area contributed by atoms with Crippen LogP contribution in [0, 0.1) is 0 Å². The number of benzene rings is 1. The lowest BCUT2D eigenvalue weighted by molar-refractivity contribution is -0.121. The van der Waals surface area contributed by atoms with E-state index in [1.54, 1.807) is 6.92 Å². The molecule has 1 N–H and O–H groups in total. The highest BCUT2D eigenvalue weighted by molar-refractivity contribution is 7.91. The Kier molecular flexibility index (Phi) is 4.25. The maximum absolute atomic E-state index is 12.2. The minimum Gasteiger partial charge on any atom is -0.350 e. The van der Waals surface area contributed by atoms with Crippen LogP contribution in [0.4, 0.5) is 0 Å². The third-order valence-corrected chi connectivity index (χ3v) is 6.70. The SMILES string of the molecule is C[C@]1(NC(=O)Cc2csc(-c3ccccc3)n2)CCS(=O)(=O)C1. The molecule has 23 heavy (non-hydrogen) atoms. The predicted octanol–water partition coefficient (Wildman–Crippen LogP) is 2.05. The Labute approximate surface area is 139 Å². The van der Waals surface area contributed by atoms with Crippen LogP contribution >= 0.6 is 11.3 Å². The molecule has 5 nitrogen and oxygen atoms in total. The molecular weight excluding hydrogens is 332 g/mol. The highest BCUT2D eigenvalue weighted by Gasteiger charge is 2.39. The molecule has 0 unspecified atom stereocenters. The Balaban J connectivity index is 1.64. The first-order chi connectivity index (χ1) is 10.9. The van der Waals surface area contributed by atoms with Crippen molar-refractivity contribution in [3.63, 3.8) is 0 Å². The topological polar surface area (TPSA) is 76.1 Å². The molecule has 1 aromatic heterocycles. The summed E-state index contributed by atoms with van der Waals surface area (Å²) in [6.07, 6.45) is 0.631. The number of aromatic nitrogens is 1. The maximum Gasteiger partial charge on any atom is 0.226 e. The quantitative estimate of drug-likeness (QED) is 0.915. The van der Waals surface area contributed by atoms with E-state index in [9.17, 15) is 13.2 Å². The van der Waals surface area contributed by atoms with Crippen LogP contribution in [-0.4, -0.2) is 36.4 Å². The van der Waals surface area contributed by atoms with Crippen LogP contribution in [0.3, 0.4) is 0 Å². The second-order valence-electron chi connectivity index (χ2n) is 6.14. The van der Waals surface area contributed by atoms with Gasteiger partial charge in [-0.05, 0) is 13.3 Å². The van der Waals surface area contributed by atoms with Gasteiger partial charge < -0.3 is 5.32 Å². The predicted molar refractivity (Wildman–Crippen MR) is 91.1 cm³/mol. The van der Waals surface area contributed by atoms with E-state index >= 15 is 0 Å². The zero-order valence-corrected chi connectivity index (χ0v) is 14.4. The van der Waals surface area contributed by atoms with Gasteiger partial charge in [0.25, 0.3) is 0 Å². The molecule has 1 aromatic carbocycles. The van der Waals surface area contributed by atoms with E-state index in [4.69, 9.17) is 0 Å². The third kappa shape index (κ3) is 3.97. The van der Waals surface area contributed by atoms with Gasteiger partial charge in [-0.3, -0.25) is 4.79 Å². The number of hydrogen-bond acceptors (Lipinski definition) is 5. The molecule has 1 atom stereocenters. The Morgan fingerprint density at radius 1 is 1.35 bits per heavy atom. The third-order valence-electron chi connectivity index (χ3n) is 3.86. The molecule has 0 aliphatic carbocycles. The molecule has 0 spiro atoms. The van der Waals surface area contributed by atoms with E-state index in [0.29, 0.717) is 12.1 Å². The van der Waals surface area contributed by atoms with Crippen molar-refractivity contribution in [3.05, 3.63) is 41.4 Å². The fourth-order valence-corrected chi connectivity index (χ4v) is 5.67. The molecule has 1 aliphatic heterocycles. The van der Waals surface area contributed by atoms with Crippen molar-refractivity contribution in [3.8, 4) is 10.6 Å². The number of amides is 1. The summed E-state index contributed by atoms with van der Waals surface area (Å²) >= 11 is 1.50. The molecule has 7 heteroatoms. The summed E-state index contributed by atoms with van der Waals surface area (Å²) in [4.78, 5) is 16.7. The van der Waals surface area contributed by atoms with Crippen molar-refractivity contribution < 1.29 is 13.2 Å². The summed E-state index contributed by atoms with van der Waals surface area (Å²) in [6.45, 7) is 1.78. The van der Waals surface area contributed by atoms with E-state index in [-0.39, 0.29) is 23.8 Å². The van der Waals surface area contributed by atoms with Gasteiger partial charge in [0.15, 0.2) is 9.84 Å². The highest BCUT2D eigenvalue weighted by atomic mass is 32.2. The number of nitrogens with zero attached hydrogens (tertiary/aromatic N) is 1. The highest BCUT2D eigenvalue weighted by Crippen LogP contribution is 2.25. The average molecular weight is 350 g/mol. The van der Waals surface area contributed by atoms with Crippen LogP contribution in [0.2, 0.25) is 0 Å². The smallest absolute Gasteiger partial charge is 0.226 e. The maximum atomic E-state index is 12.2. The Morgan fingerprint density at radius 3 is 2.74 bits per heavy atom. The minimum absolute atomic E-state index is 0.0120. The molecule has 1 aliphatic rings. The van der Waals surface area contributed by atoms with Crippen molar-refractivity contribution in [2.75, 3.05) is 11.5 Å². The molecule has 1 fully saturated rings. The number of thiazole rings is 1. The fourth-order valence-electron chi connectivity index (χ4n) is 2.76. The van der Waals surface area contributed by atoms with E-state index in [2.05, 4.69) is 10.3 Å². The van der Waals surface area contributed by atoms with Crippen molar-refractivity contribution in [1.29, 1.82) is 0 Å². The van der Waals surface area contributed by atoms with Crippen LogP contribution in [0.25, 0.3) is 10.6 Å².